The number of azo groups is 1. The summed E-state index contributed by atoms with van der Waals surface area (Å²) in [4.78, 5) is 27.9. The van der Waals surface area contributed by atoms with Gasteiger partial charge in [0.05, 0.1) is 29.2 Å². The molecule has 3 aromatic rings. The summed E-state index contributed by atoms with van der Waals surface area (Å²) in [6, 6.07) is 18.0. The van der Waals surface area contributed by atoms with Gasteiger partial charge in [-0.25, -0.2) is 0 Å². The molecule has 30 heavy (non-hydrogen) atoms. The molecule has 1 heterocycles. The molecule has 1 aromatic heterocycles. The first kappa shape index (κ1) is 20.5. The van der Waals surface area contributed by atoms with Crippen LogP contribution in [0.4, 0.5) is 17.1 Å². The maximum atomic E-state index is 12.9. The molecular formula is C21H13ClN6O2. The van der Waals surface area contributed by atoms with Gasteiger partial charge in [-0.3, -0.25) is 9.59 Å². The molecule has 0 spiro atoms. The van der Waals surface area contributed by atoms with Crippen LogP contribution in [0.5, 0.6) is 0 Å². The largest absolute Gasteiger partial charge is 0.396 e. The van der Waals surface area contributed by atoms with Crippen LogP contribution >= 0.6 is 11.6 Å². The molecule has 0 saturated heterocycles. The highest BCUT2D eigenvalue weighted by atomic mass is 35.5. The van der Waals surface area contributed by atoms with E-state index in [1.165, 1.54) is 12.1 Å². The van der Waals surface area contributed by atoms with Crippen LogP contribution in [0.2, 0.25) is 5.02 Å². The van der Waals surface area contributed by atoms with Crippen molar-refractivity contribution in [3.05, 3.63) is 86.8 Å². The molecule has 8 nitrogen and oxygen atoms in total. The fourth-order valence-electron chi connectivity index (χ4n) is 2.68. The van der Waals surface area contributed by atoms with Gasteiger partial charge in [-0.2, -0.15) is 15.6 Å². The third-order valence-electron chi connectivity index (χ3n) is 4.16. The molecule has 0 bridgehead atoms. The number of aromatic amines is 1. The smallest absolute Gasteiger partial charge is 0.261 e. The van der Waals surface area contributed by atoms with Gasteiger partial charge in [-0.15, -0.1) is 5.11 Å². The molecule has 0 aliphatic carbocycles. The Morgan fingerprint density at radius 1 is 1.03 bits per heavy atom. The standard InChI is InChI=1S/C21H13ClN6O2/c22-14-6-8-15(9-7-14)27-28-19-17(25)16(20(29)12-4-2-1-3-5-12)21(30)26-18(19)13(10-23)11-24/h1-9,13H,(H3,25,26,30). The number of nitrogen functional groups attached to an aromatic ring is 1. The zero-order valence-electron chi connectivity index (χ0n) is 15.3. The Hall–Kier alpha value is -4.27. The van der Waals surface area contributed by atoms with E-state index in [-0.39, 0.29) is 28.2 Å². The number of aromatic nitrogens is 1. The van der Waals surface area contributed by atoms with Crippen LogP contribution in [-0.2, 0) is 0 Å². The van der Waals surface area contributed by atoms with E-state index in [1.807, 2.05) is 0 Å². The van der Waals surface area contributed by atoms with Crippen molar-refractivity contribution < 1.29 is 4.79 Å². The average molecular weight is 417 g/mol. The Morgan fingerprint density at radius 2 is 1.67 bits per heavy atom. The molecule has 0 aliphatic rings. The molecule has 2 aromatic carbocycles. The molecule has 0 radical (unpaired) electrons. The fraction of sp³-hybridized carbons (Fsp3) is 0.0476. The summed E-state index contributed by atoms with van der Waals surface area (Å²) in [7, 11) is 0. The number of pyridine rings is 1. The van der Waals surface area contributed by atoms with Gasteiger partial charge in [-0.05, 0) is 24.3 Å². The van der Waals surface area contributed by atoms with Gasteiger partial charge >= 0.3 is 0 Å². The van der Waals surface area contributed by atoms with Gasteiger partial charge in [-0.1, -0.05) is 41.9 Å². The topological polar surface area (TPSA) is 148 Å². The number of anilines is 1. The first-order valence-corrected chi connectivity index (χ1v) is 8.96. The maximum Gasteiger partial charge on any atom is 0.261 e. The predicted molar refractivity (Wildman–Crippen MR) is 111 cm³/mol. The lowest BCUT2D eigenvalue weighted by atomic mass is 9.99. The van der Waals surface area contributed by atoms with Crippen LogP contribution in [0.15, 0.2) is 69.6 Å². The lowest BCUT2D eigenvalue weighted by Gasteiger charge is -2.11. The van der Waals surface area contributed by atoms with E-state index in [2.05, 4.69) is 15.2 Å². The molecule has 3 rings (SSSR count). The predicted octanol–water partition coefficient (Wildman–Crippen LogP) is 4.39. The summed E-state index contributed by atoms with van der Waals surface area (Å²) in [6.07, 6.45) is 0. The molecule has 0 aliphatic heterocycles. The van der Waals surface area contributed by atoms with Gasteiger partial charge < -0.3 is 10.7 Å². The highest BCUT2D eigenvalue weighted by Gasteiger charge is 2.26. The Balaban J connectivity index is 2.20. The summed E-state index contributed by atoms with van der Waals surface area (Å²) in [5, 5.41) is 27.1. The number of nitrogens with zero attached hydrogens (tertiary/aromatic N) is 4. The Kier molecular flexibility index (Phi) is 6.02. The second kappa shape index (κ2) is 8.82. The first-order chi connectivity index (χ1) is 14.5. The third-order valence-corrected chi connectivity index (χ3v) is 4.41. The monoisotopic (exact) mass is 416 g/mol. The number of carbonyl (C=O) groups is 1. The summed E-state index contributed by atoms with van der Waals surface area (Å²) in [6.45, 7) is 0. The van der Waals surface area contributed by atoms with Crippen molar-refractivity contribution in [2.45, 2.75) is 5.92 Å². The van der Waals surface area contributed by atoms with E-state index in [1.54, 1.807) is 54.6 Å². The third kappa shape index (κ3) is 4.09. The summed E-state index contributed by atoms with van der Waals surface area (Å²) < 4.78 is 0. The molecule has 146 valence electrons. The van der Waals surface area contributed by atoms with Crippen molar-refractivity contribution in [1.82, 2.24) is 4.98 Å². The van der Waals surface area contributed by atoms with Gasteiger partial charge in [0.15, 0.2) is 5.92 Å². The highest BCUT2D eigenvalue weighted by molar-refractivity contribution is 6.30. The highest BCUT2D eigenvalue weighted by Crippen LogP contribution is 2.34. The fourth-order valence-corrected chi connectivity index (χ4v) is 2.81. The number of nitrogens with one attached hydrogen (secondary N) is 1. The van der Waals surface area contributed by atoms with Gasteiger partial charge in [0, 0.05) is 10.6 Å². The number of benzene rings is 2. The summed E-state index contributed by atoms with van der Waals surface area (Å²) in [5.41, 5.74) is 5.09. The van der Waals surface area contributed by atoms with E-state index in [0.29, 0.717) is 10.7 Å². The number of ketones is 1. The van der Waals surface area contributed by atoms with Crippen LogP contribution in [0.25, 0.3) is 0 Å². The SMILES string of the molecule is N#CC(C#N)c1[nH]c(=O)c(C(=O)c2ccccc2)c(N)c1N=Nc1ccc(Cl)cc1. The van der Waals surface area contributed by atoms with Crippen molar-refractivity contribution in [3.8, 4) is 12.1 Å². The van der Waals surface area contributed by atoms with E-state index in [4.69, 9.17) is 17.3 Å². The van der Waals surface area contributed by atoms with Crippen molar-refractivity contribution in [1.29, 1.82) is 10.5 Å². The number of halogens is 1. The Morgan fingerprint density at radius 3 is 2.27 bits per heavy atom. The first-order valence-electron chi connectivity index (χ1n) is 8.58. The van der Waals surface area contributed by atoms with Crippen LogP contribution in [0, 0.1) is 22.7 Å². The van der Waals surface area contributed by atoms with Crippen molar-refractivity contribution in [3.63, 3.8) is 0 Å². The van der Waals surface area contributed by atoms with E-state index in [9.17, 15) is 20.1 Å². The molecule has 0 fully saturated rings. The van der Waals surface area contributed by atoms with Crippen LogP contribution in [-0.4, -0.2) is 10.8 Å². The van der Waals surface area contributed by atoms with Crippen LogP contribution < -0.4 is 11.3 Å². The maximum absolute atomic E-state index is 12.9. The average Bonchev–Trinajstić information content (AvgIpc) is 2.76. The normalized spacial score (nSPS) is 10.7. The van der Waals surface area contributed by atoms with E-state index < -0.39 is 17.3 Å². The zero-order valence-corrected chi connectivity index (χ0v) is 16.1. The number of hydrogen-bond acceptors (Lipinski definition) is 7. The van der Waals surface area contributed by atoms with E-state index >= 15 is 0 Å². The number of nitriles is 2. The number of nitrogens with two attached hydrogens (primary N) is 1. The quantitative estimate of drug-likeness (QED) is 0.467. The van der Waals surface area contributed by atoms with Gasteiger partial charge in [0.2, 0.25) is 5.78 Å². The van der Waals surface area contributed by atoms with Gasteiger partial charge in [0.25, 0.3) is 5.56 Å². The minimum absolute atomic E-state index is 0.128. The molecule has 3 N–H and O–H groups in total. The Labute approximate surface area is 175 Å². The summed E-state index contributed by atoms with van der Waals surface area (Å²) in [5.74, 6) is -1.98. The second-order valence-corrected chi connectivity index (χ2v) is 6.50. The molecule has 0 saturated carbocycles. The van der Waals surface area contributed by atoms with Crippen molar-refractivity contribution in [2.75, 3.05) is 5.73 Å². The van der Waals surface area contributed by atoms with Gasteiger partial charge in [0.1, 0.15) is 11.3 Å². The molecule has 0 unspecified atom stereocenters. The van der Waals surface area contributed by atoms with Crippen molar-refractivity contribution >= 4 is 34.4 Å². The minimum atomic E-state index is -1.36. The summed E-state index contributed by atoms with van der Waals surface area (Å²) >= 11 is 5.85. The minimum Gasteiger partial charge on any atom is -0.396 e. The number of hydrogen-bond donors (Lipinski definition) is 2. The lowest BCUT2D eigenvalue weighted by molar-refractivity contribution is 0.103. The van der Waals surface area contributed by atoms with Crippen LogP contribution in [0.3, 0.4) is 0 Å². The van der Waals surface area contributed by atoms with Crippen molar-refractivity contribution in [2.24, 2.45) is 10.2 Å². The molecule has 0 atom stereocenters. The zero-order chi connectivity index (χ0) is 21.7. The Bertz CT molecular complexity index is 1250. The van der Waals surface area contributed by atoms with E-state index in [0.717, 1.165) is 0 Å². The number of H-pyrrole nitrogens is 1. The van der Waals surface area contributed by atoms with Crippen LogP contribution in [0.1, 0.15) is 27.5 Å². The number of rotatable bonds is 5. The second-order valence-electron chi connectivity index (χ2n) is 6.07. The number of carbonyl (C=O) groups excluding carboxylic acids is 1. The molecule has 9 heteroatoms. The molecule has 0 amide bonds. The lowest BCUT2D eigenvalue weighted by Crippen LogP contribution is -2.23. The molecular weight excluding hydrogens is 404 g/mol.